The van der Waals surface area contributed by atoms with Crippen LogP contribution in [0, 0.1) is 0 Å². The fourth-order valence-corrected chi connectivity index (χ4v) is 1.89. The number of carbonyl (C=O) groups is 2. The summed E-state index contributed by atoms with van der Waals surface area (Å²) in [6, 6.07) is 14.5. The number of rotatable bonds is 4. The van der Waals surface area contributed by atoms with Crippen molar-refractivity contribution in [3.63, 3.8) is 0 Å². The molecule has 0 aliphatic heterocycles. The Hall–Kier alpha value is -2.62. The van der Waals surface area contributed by atoms with Gasteiger partial charge in [-0.05, 0) is 35.7 Å². The Labute approximate surface area is 110 Å². The first kappa shape index (κ1) is 12.8. The van der Waals surface area contributed by atoms with Gasteiger partial charge in [0.1, 0.15) is 6.29 Å². The third-order valence-corrected chi connectivity index (χ3v) is 2.67. The molecule has 0 bridgehead atoms. The van der Waals surface area contributed by atoms with Crippen LogP contribution in [0.25, 0.3) is 0 Å². The molecule has 2 rings (SSSR count). The molecule has 4 heteroatoms. The molecule has 0 heterocycles. The molecule has 0 radical (unpaired) electrons. The van der Waals surface area contributed by atoms with Gasteiger partial charge in [0, 0.05) is 11.3 Å². The third-order valence-electron chi connectivity index (χ3n) is 2.67. The number of aldehydes is 1. The highest BCUT2D eigenvalue weighted by molar-refractivity contribution is 5.82. The molecule has 19 heavy (non-hydrogen) atoms. The lowest BCUT2D eigenvalue weighted by molar-refractivity contribution is 0.112. The van der Waals surface area contributed by atoms with E-state index in [1.807, 2.05) is 24.3 Å². The van der Waals surface area contributed by atoms with Gasteiger partial charge in [-0.25, -0.2) is 4.79 Å². The van der Waals surface area contributed by atoms with Crippen LogP contribution in [0.15, 0.2) is 48.5 Å². The first-order valence-corrected chi connectivity index (χ1v) is 5.80. The standard InChI is InChI=1S/C15H13NO3/c17-10-13-5-1-3-11(8-13)7-12-4-2-6-14(9-12)16-15(18)19/h1-6,8-10,16H,7H2,(H,18,19). The van der Waals surface area contributed by atoms with Crippen LogP contribution in [0.2, 0.25) is 0 Å². The van der Waals surface area contributed by atoms with Crippen molar-refractivity contribution in [2.24, 2.45) is 0 Å². The monoisotopic (exact) mass is 255 g/mol. The van der Waals surface area contributed by atoms with Crippen molar-refractivity contribution in [2.45, 2.75) is 6.42 Å². The number of hydrogen-bond acceptors (Lipinski definition) is 2. The van der Waals surface area contributed by atoms with Crippen LogP contribution in [0.5, 0.6) is 0 Å². The molecule has 0 saturated heterocycles. The molecule has 2 N–H and O–H groups in total. The van der Waals surface area contributed by atoms with E-state index in [0.29, 0.717) is 17.7 Å². The number of hydrogen-bond donors (Lipinski definition) is 2. The Morgan fingerprint density at radius 1 is 1.11 bits per heavy atom. The van der Waals surface area contributed by atoms with E-state index in [1.54, 1.807) is 24.3 Å². The Morgan fingerprint density at radius 2 is 1.79 bits per heavy atom. The normalized spacial score (nSPS) is 9.89. The van der Waals surface area contributed by atoms with Crippen LogP contribution in [-0.2, 0) is 6.42 Å². The molecule has 0 aliphatic rings. The number of benzene rings is 2. The predicted molar refractivity (Wildman–Crippen MR) is 72.7 cm³/mol. The smallest absolute Gasteiger partial charge is 0.409 e. The Bertz CT molecular complexity index is 608. The minimum Gasteiger partial charge on any atom is -0.465 e. The highest BCUT2D eigenvalue weighted by Crippen LogP contribution is 2.15. The van der Waals surface area contributed by atoms with Crippen molar-refractivity contribution in [2.75, 3.05) is 5.32 Å². The molecule has 0 fully saturated rings. The Balaban J connectivity index is 2.18. The van der Waals surface area contributed by atoms with Gasteiger partial charge in [-0.3, -0.25) is 10.1 Å². The molecule has 2 aromatic rings. The average Bonchev–Trinajstić information content (AvgIpc) is 2.38. The molecular formula is C15H13NO3. The summed E-state index contributed by atoms with van der Waals surface area (Å²) in [5.74, 6) is 0. The van der Waals surface area contributed by atoms with E-state index in [4.69, 9.17) is 5.11 Å². The molecule has 2 aromatic carbocycles. The molecule has 0 unspecified atom stereocenters. The van der Waals surface area contributed by atoms with Gasteiger partial charge in [-0.1, -0.05) is 30.3 Å². The van der Waals surface area contributed by atoms with E-state index in [1.165, 1.54) is 0 Å². The van der Waals surface area contributed by atoms with Crippen molar-refractivity contribution in [3.05, 3.63) is 65.2 Å². The summed E-state index contributed by atoms with van der Waals surface area (Å²) < 4.78 is 0. The van der Waals surface area contributed by atoms with Crippen LogP contribution in [-0.4, -0.2) is 17.5 Å². The zero-order valence-corrected chi connectivity index (χ0v) is 10.2. The summed E-state index contributed by atoms with van der Waals surface area (Å²) in [6.07, 6.45) is 0.378. The Kier molecular flexibility index (Phi) is 3.93. The molecular weight excluding hydrogens is 242 g/mol. The molecule has 1 amide bonds. The van der Waals surface area contributed by atoms with E-state index in [9.17, 15) is 9.59 Å². The number of anilines is 1. The van der Waals surface area contributed by atoms with Crippen molar-refractivity contribution >= 4 is 18.1 Å². The molecule has 0 saturated carbocycles. The van der Waals surface area contributed by atoms with Crippen molar-refractivity contribution in [1.82, 2.24) is 0 Å². The second-order valence-corrected chi connectivity index (χ2v) is 4.17. The van der Waals surface area contributed by atoms with E-state index in [-0.39, 0.29) is 0 Å². The van der Waals surface area contributed by atoms with Gasteiger partial charge in [0.15, 0.2) is 0 Å². The van der Waals surface area contributed by atoms with Gasteiger partial charge in [0.2, 0.25) is 0 Å². The van der Waals surface area contributed by atoms with E-state index in [2.05, 4.69) is 5.32 Å². The highest BCUT2D eigenvalue weighted by atomic mass is 16.4. The summed E-state index contributed by atoms with van der Waals surface area (Å²) >= 11 is 0. The summed E-state index contributed by atoms with van der Waals surface area (Å²) in [7, 11) is 0. The van der Waals surface area contributed by atoms with Gasteiger partial charge in [0.05, 0.1) is 0 Å². The topological polar surface area (TPSA) is 66.4 Å². The zero-order chi connectivity index (χ0) is 13.7. The SMILES string of the molecule is O=Cc1cccc(Cc2cccc(NC(=O)O)c2)c1. The van der Waals surface area contributed by atoms with Crippen LogP contribution < -0.4 is 5.32 Å². The van der Waals surface area contributed by atoms with Crippen molar-refractivity contribution in [3.8, 4) is 0 Å². The lowest BCUT2D eigenvalue weighted by atomic mass is 10.0. The minimum absolute atomic E-state index is 0.538. The Morgan fingerprint density at radius 3 is 2.47 bits per heavy atom. The van der Waals surface area contributed by atoms with Crippen LogP contribution in [0.4, 0.5) is 10.5 Å². The summed E-state index contributed by atoms with van der Waals surface area (Å²) in [4.78, 5) is 21.3. The van der Waals surface area contributed by atoms with Crippen LogP contribution in [0.3, 0.4) is 0 Å². The number of amides is 1. The number of carbonyl (C=O) groups excluding carboxylic acids is 1. The second kappa shape index (κ2) is 5.82. The molecule has 0 atom stereocenters. The van der Waals surface area contributed by atoms with Gasteiger partial charge < -0.3 is 5.11 Å². The summed E-state index contributed by atoms with van der Waals surface area (Å²) in [6.45, 7) is 0. The minimum atomic E-state index is -1.08. The second-order valence-electron chi connectivity index (χ2n) is 4.17. The third kappa shape index (κ3) is 3.67. The molecule has 4 nitrogen and oxygen atoms in total. The maximum Gasteiger partial charge on any atom is 0.409 e. The summed E-state index contributed by atoms with van der Waals surface area (Å²) in [5, 5.41) is 11.0. The quantitative estimate of drug-likeness (QED) is 0.824. The molecule has 0 aliphatic carbocycles. The van der Waals surface area contributed by atoms with Crippen LogP contribution >= 0.6 is 0 Å². The van der Waals surface area contributed by atoms with Gasteiger partial charge in [-0.15, -0.1) is 0 Å². The first-order valence-electron chi connectivity index (χ1n) is 5.80. The number of carboxylic acid groups (broad SMARTS) is 1. The van der Waals surface area contributed by atoms with Gasteiger partial charge in [-0.2, -0.15) is 0 Å². The average molecular weight is 255 g/mol. The molecule has 0 aromatic heterocycles. The lowest BCUT2D eigenvalue weighted by Gasteiger charge is -2.06. The van der Waals surface area contributed by atoms with Crippen LogP contribution in [0.1, 0.15) is 21.5 Å². The van der Waals surface area contributed by atoms with Gasteiger partial charge >= 0.3 is 6.09 Å². The predicted octanol–water partition coefficient (Wildman–Crippen LogP) is 3.18. The zero-order valence-electron chi connectivity index (χ0n) is 10.2. The maximum absolute atomic E-state index is 10.7. The largest absolute Gasteiger partial charge is 0.465 e. The highest BCUT2D eigenvalue weighted by Gasteiger charge is 2.01. The van der Waals surface area contributed by atoms with Gasteiger partial charge in [0.25, 0.3) is 0 Å². The molecule has 96 valence electrons. The fraction of sp³-hybridized carbons (Fsp3) is 0.0667. The van der Waals surface area contributed by atoms with Crippen molar-refractivity contribution < 1.29 is 14.7 Å². The van der Waals surface area contributed by atoms with Crippen molar-refractivity contribution in [1.29, 1.82) is 0 Å². The summed E-state index contributed by atoms with van der Waals surface area (Å²) in [5.41, 5.74) is 3.17. The van der Waals surface area contributed by atoms with E-state index < -0.39 is 6.09 Å². The maximum atomic E-state index is 10.7. The lowest BCUT2D eigenvalue weighted by Crippen LogP contribution is -2.07. The number of nitrogens with one attached hydrogen (secondary N) is 1. The first-order chi connectivity index (χ1) is 9.17. The van der Waals surface area contributed by atoms with E-state index >= 15 is 0 Å². The van der Waals surface area contributed by atoms with E-state index in [0.717, 1.165) is 17.4 Å². The fourth-order valence-electron chi connectivity index (χ4n) is 1.89. The molecule has 0 spiro atoms.